The first-order valence-electron chi connectivity index (χ1n) is 7.81. The number of benzene rings is 2. The first-order valence-corrected chi connectivity index (χ1v) is 7.81. The van der Waals surface area contributed by atoms with Gasteiger partial charge >= 0.3 is 6.03 Å². The van der Waals surface area contributed by atoms with E-state index in [1.54, 1.807) is 24.3 Å². The van der Waals surface area contributed by atoms with Gasteiger partial charge in [0.1, 0.15) is 12.4 Å². The lowest BCUT2D eigenvalue weighted by Gasteiger charge is -2.11. The van der Waals surface area contributed by atoms with Crippen molar-refractivity contribution in [1.82, 2.24) is 5.32 Å². The van der Waals surface area contributed by atoms with Crippen LogP contribution < -0.4 is 15.4 Å². The molecule has 0 atom stereocenters. The van der Waals surface area contributed by atoms with Crippen molar-refractivity contribution in [3.63, 3.8) is 0 Å². The average Bonchev–Trinajstić information content (AvgIpc) is 2.53. The largest absolute Gasteiger partial charge is 0.491 e. The molecule has 2 rings (SSSR count). The number of ketones is 1. The van der Waals surface area contributed by atoms with E-state index in [1.807, 2.05) is 26.0 Å². The Morgan fingerprint density at radius 2 is 1.75 bits per heavy atom. The molecule has 2 aromatic rings. The van der Waals surface area contributed by atoms with E-state index in [4.69, 9.17) is 4.74 Å². The molecule has 0 saturated heterocycles. The number of Topliss-reactive ketones (excluding diaryl/α,β-unsaturated/α-hetero) is 1. The maximum atomic E-state index is 11.8. The van der Waals surface area contributed by atoms with E-state index in [9.17, 15) is 9.59 Å². The lowest BCUT2D eigenvalue weighted by atomic mass is 10.1. The average molecular weight is 326 g/mol. The van der Waals surface area contributed by atoms with Crippen LogP contribution in [-0.4, -0.2) is 25.0 Å². The van der Waals surface area contributed by atoms with Crippen LogP contribution in [0.15, 0.2) is 42.5 Å². The van der Waals surface area contributed by atoms with Gasteiger partial charge in [0.2, 0.25) is 0 Å². The normalized spacial score (nSPS) is 10.1. The predicted octanol–water partition coefficient (Wildman–Crippen LogP) is 3.71. The van der Waals surface area contributed by atoms with Crippen molar-refractivity contribution in [2.75, 3.05) is 18.5 Å². The minimum Gasteiger partial charge on any atom is -0.491 e. The molecule has 0 aliphatic heterocycles. The third-order valence-electron chi connectivity index (χ3n) is 3.52. The van der Waals surface area contributed by atoms with E-state index in [2.05, 4.69) is 16.7 Å². The number of carbonyl (C=O) groups is 2. The summed E-state index contributed by atoms with van der Waals surface area (Å²) in [6.45, 7) is 6.31. The van der Waals surface area contributed by atoms with Gasteiger partial charge in [-0.3, -0.25) is 4.79 Å². The van der Waals surface area contributed by atoms with Gasteiger partial charge in [-0.25, -0.2) is 4.79 Å². The van der Waals surface area contributed by atoms with Gasteiger partial charge in [0.25, 0.3) is 0 Å². The lowest BCUT2D eigenvalue weighted by Crippen LogP contribution is -2.32. The first kappa shape index (κ1) is 17.5. The van der Waals surface area contributed by atoms with Crippen LogP contribution in [0.1, 0.15) is 28.4 Å². The number of rotatable bonds is 6. The van der Waals surface area contributed by atoms with Gasteiger partial charge in [0, 0.05) is 11.3 Å². The second kappa shape index (κ2) is 8.15. The van der Waals surface area contributed by atoms with Crippen molar-refractivity contribution in [1.29, 1.82) is 0 Å². The van der Waals surface area contributed by atoms with E-state index in [1.165, 1.54) is 12.5 Å². The highest BCUT2D eigenvalue weighted by Crippen LogP contribution is 2.18. The van der Waals surface area contributed by atoms with Crippen molar-refractivity contribution in [3.8, 4) is 5.75 Å². The van der Waals surface area contributed by atoms with Gasteiger partial charge in [-0.05, 0) is 56.7 Å². The Morgan fingerprint density at radius 1 is 1.04 bits per heavy atom. The van der Waals surface area contributed by atoms with Crippen molar-refractivity contribution >= 4 is 17.5 Å². The second-order valence-electron chi connectivity index (χ2n) is 5.63. The third kappa shape index (κ3) is 5.12. The number of ether oxygens (including phenoxy) is 1. The Kier molecular flexibility index (Phi) is 5.95. The summed E-state index contributed by atoms with van der Waals surface area (Å²) in [5.74, 6) is 0.817. The standard InChI is InChI=1S/C19H22N2O3/c1-13-4-9-18(14(2)12-13)24-11-10-20-19(23)21-17-7-5-16(6-8-17)15(3)22/h4-9,12H,10-11H2,1-3H3,(H2,20,21,23). The fourth-order valence-corrected chi connectivity index (χ4v) is 2.25. The highest BCUT2D eigenvalue weighted by atomic mass is 16.5. The maximum Gasteiger partial charge on any atom is 0.319 e. The summed E-state index contributed by atoms with van der Waals surface area (Å²) in [4.78, 5) is 23.0. The Labute approximate surface area is 142 Å². The van der Waals surface area contributed by atoms with Gasteiger partial charge in [-0.15, -0.1) is 0 Å². The molecule has 0 unspecified atom stereocenters. The van der Waals surface area contributed by atoms with Crippen molar-refractivity contribution < 1.29 is 14.3 Å². The van der Waals surface area contributed by atoms with Crippen LogP contribution in [0.5, 0.6) is 5.75 Å². The Balaban J connectivity index is 1.74. The van der Waals surface area contributed by atoms with Crippen molar-refractivity contribution in [2.45, 2.75) is 20.8 Å². The van der Waals surface area contributed by atoms with Crippen LogP contribution in [0.4, 0.5) is 10.5 Å². The van der Waals surface area contributed by atoms with E-state index < -0.39 is 0 Å². The summed E-state index contributed by atoms with van der Waals surface area (Å²) < 4.78 is 5.65. The van der Waals surface area contributed by atoms with Crippen LogP contribution >= 0.6 is 0 Å². The van der Waals surface area contributed by atoms with Crippen LogP contribution in [0.3, 0.4) is 0 Å². The van der Waals surface area contributed by atoms with Gasteiger partial charge in [0.05, 0.1) is 6.54 Å². The Hall–Kier alpha value is -2.82. The Morgan fingerprint density at radius 3 is 2.38 bits per heavy atom. The third-order valence-corrected chi connectivity index (χ3v) is 3.52. The molecule has 2 N–H and O–H groups in total. The summed E-state index contributed by atoms with van der Waals surface area (Å²) in [7, 11) is 0. The molecular formula is C19H22N2O3. The molecule has 5 nitrogen and oxygen atoms in total. The zero-order valence-corrected chi connectivity index (χ0v) is 14.2. The number of nitrogens with one attached hydrogen (secondary N) is 2. The number of anilines is 1. The molecular weight excluding hydrogens is 304 g/mol. The molecule has 126 valence electrons. The van der Waals surface area contributed by atoms with Crippen molar-refractivity contribution in [2.24, 2.45) is 0 Å². The van der Waals surface area contributed by atoms with Crippen molar-refractivity contribution in [3.05, 3.63) is 59.2 Å². The van der Waals surface area contributed by atoms with E-state index >= 15 is 0 Å². The minimum atomic E-state index is -0.310. The summed E-state index contributed by atoms with van der Waals surface area (Å²) in [6, 6.07) is 12.4. The van der Waals surface area contributed by atoms with E-state index in [0.717, 1.165) is 11.3 Å². The van der Waals surface area contributed by atoms with E-state index in [0.29, 0.717) is 24.4 Å². The molecule has 0 bridgehead atoms. The monoisotopic (exact) mass is 326 g/mol. The fraction of sp³-hybridized carbons (Fsp3) is 0.263. The zero-order chi connectivity index (χ0) is 17.5. The quantitative estimate of drug-likeness (QED) is 0.628. The molecule has 2 amide bonds. The SMILES string of the molecule is CC(=O)c1ccc(NC(=O)NCCOc2ccc(C)cc2C)cc1. The second-order valence-corrected chi connectivity index (χ2v) is 5.63. The molecule has 0 aliphatic rings. The number of hydrogen-bond donors (Lipinski definition) is 2. The molecule has 0 aliphatic carbocycles. The van der Waals surface area contributed by atoms with Gasteiger partial charge in [0.15, 0.2) is 5.78 Å². The summed E-state index contributed by atoms with van der Waals surface area (Å²) in [5.41, 5.74) is 3.51. The number of urea groups is 1. The highest BCUT2D eigenvalue weighted by Gasteiger charge is 2.04. The zero-order valence-electron chi connectivity index (χ0n) is 14.2. The van der Waals surface area contributed by atoms with Gasteiger partial charge in [-0.2, -0.15) is 0 Å². The number of amides is 2. The summed E-state index contributed by atoms with van der Waals surface area (Å²) in [5, 5.41) is 5.44. The number of aryl methyl sites for hydroxylation is 2. The molecule has 0 radical (unpaired) electrons. The molecule has 0 fully saturated rings. The smallest absolute Gasteiger partial charge is 0.319 e. The Bertz CT molecular complexity index is 724. The minimum absolute atomic E-state index is 0.00505. The van der Waals surface area contributed by atoms with Gasteiger partial charge in [-0.1, -0.05) is 17.7 Å². The maximum absolute atomic E-state index is 11.8. The molecule has 5 heteroatoms. The molecule has 0 aromatic heterocycles. The topological polar surface area (TPSA) is 67.4 Å². The number of hydrogen-bond acceptors (Lipinski definition) is 3. The first-order chi connectivity index (χ1) is 11.5. The fourth-order valence-electron chi connectivity index (χ4n) is 2.25. The van der Waals surface area contributed by atoms with E-state index in [-0.39, 0.29) is 11.8 Å². The summed E-state index contributed by atoms with van der Waals surface area (Å²) >= 11 is 0. The molecule has 0 spiro atoms. The highest BCUT2D eigenvalue weighted by molar-refractivity contribution is 5.95. The summed E-state index contributed by atoms with van der Waals surface area (Å²) in [6.07, 6.45) is 0. The van der Waals surface area contributed by atoms with Gasteiger partial charge < -0.3 is 15.4 Å². The molecule has 24 heavy (non-hydrogen) atoms. The van der Waals surface area contributed by atoms with Crippen LogP contribution in [0, 0.1) is 13.8 Å². The van der Waals surface area contributed by atoms with Crippen LogP contribution in [0.2, 0.25) is 0 Å². The predicted molar refractivity (Wildman–Crippen MR) is 94.9 cm³/mol. The molecule has 2 aromatic carbocycles. The molecule has 0 heterocycles. The lowest BCUT2D eigenvalue weighted by molar-refractivity contribution is 0.101. The molecule has 0 saturated carbocycles. The van der Waals surface area contributed by atoms with Crippen LogP contribution in [-0.2, 0) is 0 Å². The number of carbonyl (C=O) groups excluding carboxylic acids is 2. The van der Waals surface area contributed by atoms with Crippen LogP contribution in [0.25, 0.3) is 0 Å².